The second-order valence-corrected chi connectivity index (χ2v) is 0.707. The molecule has 0 aliphatic heterocycles. The van der Waals surface area contributed by atoms with Crippen LogP contribution in [0.2, 0.25) is 0 Å². The van der Waals surface area contributed by atoms with Crippen LogP contribution in [0.4, 0.5) is 0 Å². The molecule has 0 saturated carbocycles. The van der Waals surface area contributed by atoms with Crippen LogP contribution in [-0.2, 0) is 0 Å². The smallest absolute Gasteiger partial charge is 0.0590 e. The van der Waals surface area contributed by atoms with E-state index in [0.29, 0.717) is 0 Å². The molecule has 0 saturated heterocycles. The van der Waals surface area contributed by atoms with E-state index in [0.717, 1.165) is 0 Å². The van der Waals surface area contributed by atoms with Crippen LogP contribution in [0.15, 0.2) is 0 Å². The van der Waals surface area contributed by atoms with Crippen molar-refractivity contribution in [3.05, 3.63) is 0 Å². The molecule has 0 radical (unpaired) electrons. The molecule has 0 aromatic rings. The number of halogens is 2. The summed E-state index contributed by atoms with van der Waals surface area (Å²) in [5, 5.41) is 0. The van der Waals surface area contributed by atoms with E-state index in [4.69, 9.17) is 0 Å². The molecule has 0 fully saturated rings. The zero-order chi connectivity index (χ0) is 2.71. The highest BCUT2D eigenvalue weighted by Gasteiger charge is 1.35. The van der Waals surface area contributed by atoms with E-state index in [-0.39, 0.29) is 41.2 Å². The monoisotopic (exact) mass is 170 g/mol. The second kappa shape index (κ2) is 146. The molecule has 8 heavy (non-hydrogen) atoms. The molecule has 0 aromatic heterocycles. The van der Waals surface area contributed by atoms with Gasteiger partial charge in [-0.3, -0.25) is 0 Å². The van der Waals surface area contributed by atoms with Gasteiger partial charge < -0.3 is 16.4 Å². The topological polar surface area (TPSA) is 94.5 Å². The van der Waals surface area contributed by atoms with Gasteiger partial charge in [-0.05, 0) is 0 Å². The van der Waals surface area contributed by atoms with Gasteiger partial charge in [-0.25, -0.2) is 0 Å². The van der Waals surface area contributed by atoms with Crippen molar-refractivity contribution in [3.63, 3.8) is 0 Å². The molecule has 60 valence electrons. The maximum atomic E-state index is 2.12. The van der Waals surface area contributed by atoms with Gasteiger partial charge in [0.05, 0.1) is 0 Å². The average molecular weight is 171 g/mol. The molecule has 6 N–H and O–H groups in total. The van der Waals surface area contributed by atoms with Gasteiger partial charge in [0.1, 0.15) is 0 Å². The van der Waals surface area contributed by atoms with Gasteiger partial charge in [0.15, 0.2) is 0 Å². The van der Waals surface area contributed by atoms with Gasteiger partial charge in [-0.15, -0.1) is 24.8 Å². The maximum absolute atomic E-state index is 2.12. The predicted octanol–water partition coefficient (Wildman–Crippen LogP) is -0.214. The fourth-order valence-electron chi connectivity index (χ4n) is 0. The molecular formula is C3H16Cl2O3. The summed E-state index contributed by atoms with van der Waals surface area (Å²) in [5.41, 5.74) is 0. The molecule has 0 bridgehead atoms. The maximum Gasteiger partial charge on any atom is -0.0590 e. The third-order valence-electron chi connectivity index (χ3n) is 0. The summed E-state index contributed by atoms with van der Waals surface area (Å²) < 4.78 is 0. The number of rotatable bonds is 0. The van der Waals surface area contributed by atoms with Crippen molar-refractivity contribution in [2.24, 2.45) is 0 Å². The highest BCUT2D eigenvalue weighted by atomic mass is 35.5. The fourth-order valence-corrected chi connectivity index (χ4v) is 0. The third-order valence-corrected chi connectivity index (χ3v) is 0. The lowest BCUT2D eigenvalue weighted by Crippen LogP contribution is -1.27. The second-order valence-electron chi connectivity index (χ2n) is 0.707. The molecule has 0 aliphatic carbocycles. The molecule has 3 nitrogen and oxygen atoms in total. The van der Waals surface area contributed by atoms with Crippen molar-refractivity contribution < 1.29 is 16.4 Å². The number of hydrogen-bond donors (Lipinski definition) is 0. The minimum atomic E-state index is 0. The van der Waals surface area contributed by atoms with Crippen molar-refractivity contribution >= 4 is 24.8 Å². The first kappa shape index (κ1) is 77.8. The lowest BCUT2D eigenvalue weighted by atomic mass is 10.6. The minimum absolute atomic E-state index is 0. The normalized spacial score (nSPS) is 2.25. The van der Waals surface area contributed by atoms with Gasteiger partial charge in [-0.1, -0.05) is 20.3 Å². The Kier molecular flexibility index (Phi) is 1420. The quantitative estimate of drug-likeness (QED) is 0.482. The zero-order valence-electron chi connectivity index (χ0n) is 5.02. The van der Waals surface area contributed by atoms with Gasteiger partial charge in [-0.2, -0.15) is 0 Å². The Balaban J connectivity index is -0.00000000200. The zero-order valence-corrected chi connectivity index (χ0v) is 6.66. The van der Waals surface area contributed by atoms with Crippen LogP contribution >= 0.6 is 24.8 Å². The van der Waals surface area contributed by atoms with Crippen LogP contribution in [0.3, 0.4) is 0 Å². The van der Waals surface area contributed by atoms with Crippen LogP contribution in [0.1, 0.15) is 20.3 Å². The van der Waals surface area contributed by atoms with Gasteiger partial charge in [0.2, 0.25) is 0 Å². The molecule has 0 spiro atoms. The van der Waals surface area contributed by atoms with Crippen LogP contribution in [0.5, 0.6) is 0 Å². The van der Waals surface area contributed by atoms with Crippen molar-refractivity contribution in [1.29, 1.82) is 0 Å². The lowest BCUT2D eigenvalue weighted by Gasteiger charge is -1.48. The Labute approximate surface area is 62.2 Å². The lowest BCUT2D eigenvalue weighted by molar-refractivity contribution is 0.823. The largest absolute Gasteiger partial charge is 0.412 e. The Morgan fingerprint density at radius 3 is 0.750 bits per heavy atom. The van der Waals surface area contributed by atoms with E-state index in [2.05, 4.69) is 13.8 Å². The summed E-state index contributed by atoms with van der Waals surface area (Å²) in [6.45, 7) is 4.25. The average Bonchev–Trinajstić information content (AvgIpc) is 0.918. The Morgan fingerprint density at radius 1 is 0.750 bits per heavy atom. The fraction of sp³-hybridized carbons (Fsp3) is 1.00. The van der Waals surface area contributed by atoms with E-state index in [1.165, 1.54) is 6.42 Å². The summed E-state index contributed by atoms with van der Waals surface area (Å²) in [4.78, 5) is 0. The molecule has 0 aliphatic rings. The van der Waals surface area contributed by atoms with Crippen LogP contribution in [0.25, 0.3) is 0 Å². The minimum Gasteiger partial charge on any atom is -0.412 e. The SMILES string of the molecule is CCC.Cl.Cl.O.O.O. The van der Waals surface area contributed by atoms with Crippen molar-refractivity contribution in [3.8, 4) is 0 Å². The first-order valence-electron chi connectivity index (χ1n) is 1.41. The van der Waals surface area contributed by atoms with E-state index in [1.54, 1.807) is 0 Å². The van der Waals surface area contributed by atoms with Crippen molar-refractivity contribution in [2.75, 3.05) is 0 Å². The Morgan fingerprint density at radius 2 is 0.750 bits per heavy atom. The summed E-state index contributed by atoms with van der Waals surface area (Å²) in [5.74, 6) is 0. The molecule has 0 unspecified atom stereocenters. The molecular weight excluding hydrogens is 155 g/mol. The van der Waals surface area contributed by atoms with Gasteiger partial charge in [0.25, 0.3) is 0 Å². The van der Waals surface area contributed by atoms with Gasteiger partial charge in [0, 0.05) is 0 Å². The first-order valence-corrected chi connectivity index (χ1v) is 1.41. The molecule has 0 atom stereocenters. The Bertz CT molecular complexity index is 12.5. The van der Waals surface area contributed by atoms with Gasteiger partial charge >= 0.3 is 0 Å². The van der Waals surface area contributed by atoms with E-state index >= 15 is 0 Å². The van der Waals surface area contributed by atoms with Crippen LogP contribution in [-0.4, -0.2) is 16.4 Å². The van der Waals surface area contributed by atoms with Crippen molar-refractivity contribution in [1.82, 2.24) is 0 Å². The van der Waals surface area contributed by atoms with Crippen LogP contribution < -0.4 is 0 Å². The van der Waals surface area contributed by atoms with E-state index in [9.17, 15) is 0 Å². The number of hydrogen-bond acceptors (Lipinski definition) is 0. The first-order chi connectivity index (χ1) is 1.41. The predicted molar refractivity (Wildman–Crippen MR) is 41.3 cm³/mol. The molecule has 0 rings (SSSR count). The Hall–Kier alpha value is 0.460. The van der Waals surface area contributed by atoms with Crippen molar-refractivity contribution in [2.45, 2.75) is 20.3 Å². The highest BCUT2D eigenvalue weighted by molar-refractivity contribution is 5.85. The highest BCUT2D eigenvalue weighted by Crippen LogP contribution is 1.56. The molecule has 0 amide bonds. The molecule has 5 heteroatoms. The summed E-state index contributed by atoms with van der Waals surface area (Å²) in [7, 11) is 0. The van der Waals surface area contributed by atoms with Crippen LogP contribution in [0, 0.1) is 0 Å². The van der Waals surface area contributed by atoms with E-state index in [1.807, 2.05) is 0 Å². The third kappa shape index (κ3) is 910. The summed E-state index contributed by atoms with van der Waals surface area (Å²) >= 11 is 0. The summed E-state index contributed by atoms with van der Waals surface area (Å²) in [6.07, 6.45) is 1.25. The molecule has 0 aromatic carbocycles. The summed E-state index contributed by atoms with van der Waals surface area (Å²) in [6, 6.07) is 0. The van der Waals surface area contributed by atoms with E-state index < -0.39 is 0 Å². The molecule has 0 heterocycles. The standard InChI is InChI=1S/C3H8.2ClH.3H2O/c1-3-2;;;;;/h3H2,1-2H3;2*1H;3*1H2.